The largest absolute Gasteiger partial charge is 0.265 e. The highest BCUT2D eigenvalue weighted by Crippen LogP contribution is 2.31. The summed E-state index contributed by atoms with van der Waals surface area (Å²) in [6.07, 6.45) is 3.47. The maximum atomic E-state index is 4.68. The summed E-state index contributed by atoms with van der Waals surface area (Å²) in [6, 6.07) is 1.91. The van der Waals surface area contributed by atoms with E-state index in [4.69, 9.17) is 0 Å². The van der Waals surface area contributed by atoms with Crippen LogP contribution in [-0.4, -0.2) is 29.4 Å². The van der Waals surface area contributed by atoms with E-state index in [0.717, 1.165) is 21.6 Å². The molecule has 0 aromatic carbocycles. The van der Waals surface area contributed by atoms with Gasteiger partial charge in [0.25, 0.3) is 0 Å². The lowest BCUT2D eigenvalue weighted by Gasteiger charge is -1.93. The Morgan fingerprint density at radius 1 is 1.25 bits per heavy atom. The number of fused-ring (bicyclic) bond motifs is 3. The van der Waals surface area contributed by atoms with Crippen LogP contribution in [0.2, 0.25) is 0 Å². The second-order valence-electron chi connectivity index (χ2n) is 4.75. The van der Waals surface area contributed by atoms with Gasteiger partial charge in [-0.2, -0.15) is 5.10 Å². The predicted molar refractivity (Wildman–Crippen MR) is 77.8 cm³/mol. The van der Waals surface area contributed by atoms with Gasteiger partial charge in [0, 0.05) is 18.1 Å². The summed E-state index contributed by atoms with van der Waals surface area (Å²) in [6.45, 7) is 4.21. The lowest BCUT2D eigenvalue weighted by Crippen LogP contribution is -1.95. The molecule has 20 heavy (non-hydrogen) atoms. The molecular weight excluding hydrogens is 272 g/mol. The second-order valence-corrected chi connectivity index (χ2v) is 5.95. The molecule has 4 aromatic heterocycles. The van der Waals surface area contributed by atoms with Crippen LogP contribution in [0.15, 0.2) is 18.6 Å². The van der Waals surface area contributed by atoms with Gasteiger partial charge in [0.15, 0.2) is 11.5 Å². The Hall–Kier alpha value is -2.28. The molecule has 6 nitrogen and oxygen atoms in total. The van der Waals surface area contributed by atoms with Crippen LogP contribution in [0.4, 0.5) is 0 Å². The van der Waals surface area contributed by atoms with Crippen molar-refractivity contribution in [2.75, 3.05) is 0 Å². The molecule has 0 saturated heterocycles. The fraction of sp³-hybridized carbons (Fsp3) is 0.231. The number of hydrogen-bond donors (Lipinski definition) is 0. The molecule has 0 saturated carbocycles. The van der Waals surface area contributed by atoms with Gasteiger partial charge in [-0.05, 0) is 25.5 Å². The van der Waals surface area contributed by atoms with E-state index < -0.39 is 0 Å². The Bertz CT molecular complexity index is 945. The lowest BCUT2D eigenvalue weighted by molar-refractivity contribution is 0.769. The maximum Gasteiger partial charge on any atom is 0.200 e. The molecule has 0 radical (unpaired) electrons. The summed E-state index contributed by atoms with van der Waals surface area (Å²) in [7, 11) is 1.88. The van der Waals surface area contributed by atoms with Crippen LogP contribution in [0.25, 0.3) is 27.4 Å². The zero-order chi connectivity index (χ0) is 13.9. The number of aryl methyl sites for hydroxylation is 3. The van der Waals surface area contributed by atoms with E-state index >= 15 is 0 Å². The summed E-state index contributed by atoms with van der Waals surface area (Å²) >= 11 is 1.69. The monoisotopic (exact) mass is 284 g/mol. The Labute approximate surface area is 118 Å². The van der Waals surface area contributed by atoms with E-state index in [-0.39, 0.29) is 0 Å². The van der Waals surface area contributed by atoms with E-state index in [9.17, 15) is 0 Å². The van der Waals surface area contributed by atoms with Crippen LogP contribution in [0.1, 0.15) is 10.4 Å². The molecule has 0 aliphatic heterocycles. The van der Waals surface area contributed by atoms with E-state index in [1.807, 2.05) is 13.1 Å². The standard InChI is InChI=1S/C13H12N6S/c1-7-8(2)20-13-10(7)12-16-11(17-19(12)6-14-13)9-4-5-15-18(9)3/h4-6H,1-3H3. The van der Waals surface area contributed by atoms with E-state index in [1.54, 1.807) is 33.1 Å². The summed E-state index contributed by atoms with van der Waals surface area (Å²) < 4.78 is 3.51. The van der Waals surface area contributed by atoms with E-state index in [1.165, 1.54) is 10.4 Å². The average molecular weight is 284 g/mol. The number of nitrogens with zero attached hydrogens (tertiary/aromatic N) is 6. The van der Waals surface area contributed by atoms with Gasteiger partial charge in [0.05, 0.1) is 5.39 Å². The highest BCUT2D eigenvalue weighted by Gasteiger charge is 2.16. The molecule has 0 aliphatic rings. The van der Waals surface area contributed by atoms with Crippen LogP contribution in [-0.2, 0) is 7.05 Å². The first-order valence-electron chi connectivity index (χ1n) is 6.24. The average Bonchev–Trinajstić information content (AvgIpc) is 3.08. The highest BCUT2D eigenvalue weighted by molar-refractivity contribution is 7.18. The first-order valence-corrected chi connectivity index (χ1v) is 7.06. The van der Waals surface area contributed by atoms with Crippen molar-refractivity contribution in [2.24, 2.45) is 7.05 Å². The second kappa shape index (κ2) is 3.86. The molecule has 4 aromatic rings. The van der Waals surface area contributed by atoms with Crippen LogP contribution < -0.4 is 0 Å². The Morgan fingerprint density at radius 2 is 2.10 bits per heavy atom. The topological polar surface area (TPSA) is 60.9 Å². The highest BCUT2D eigenvalue weighted by atomic mass is 32.1. The third-order valence-electron chi connectivity index (χ3n) is 3.56. The molecule has 4 rings (SSSR count). The van der Waals surface area contributed by atoms with Crippen molar-refractivity contribution < 1.29 is 0 Å². The van der Waals surface area contributed by atoms with Gasteiger partial charge in [0.2, 0.25) is 0 Å². The summed E-state index contributed by atoms with van der Waals surface area (Å²) in [5.74, 6) is 0.669. The van der Waals surface area contributed by atoms with Crippen molar-refractivity contribution in [3.63, 3.8) is 0 Å². The zero-order valence-electron chi connectivity index (χ0n) is 11.3. The molecule has 0 unspecified atom stereocenters. The minimum Gasteiger partial charge on any atom is -0.265 e. The number of rotatable bonds is 1. The van der Waals surface area contributed by atoms with Crippen molar-refractivity contribution >= 4 is 27.2 Å². The third kappa shape index (κ3) is 1.44. The molecule has 0 aliphatic carbocycles. The molecule has 100 valence electrons. The van der Waals surface area contributed by atoms with Gasteiger partial charge in [-0.3, -0.25) is 4.68 Å². The molecule has 0 N–H and O–H groups in total. The Balaban J connectivity index is 2.09. The first kappa shape index (κ1) is 11.5. The van der Waals surface area contributed by atoms with Gasteiger partial charge in [-0.15, -0.1) is 16.4 Å². The third-order valence-corrected chi connectivity index (χ3v) is 4.67. The van der Waals surface area contributed by atoms with Crippen molar-refractivity contribution in [3.05, 3.63) is 29.0 Å². The van der Waals surface area contributed by atoms with Gasteiger partial charge in [0.1, 0.15) is 16.9 Å². The maximum absolute atomic E-state index is 4.68. The predicted octanol–water partition coefficient (Wildman–Crippen LogP) is 2.36. The summed E-state index contributed by atoms with van der Waals surface area (Å²) in [5.41, 5.74) is 2.98. The number of hydrogen-bond acceptors (Lipinski definition) is 5. The Kier molecular flexibility index (Phi) is 2.23. The molecule has 4 heterocycles. The molecular formula is C13H12N6S. The minimum atomic E-state index is 0.669. The molecule has 0 fully saturated rings. The quantitative estimate of drug-likeness (QED) is 0.538. The van der Waals surface area contributed by atoms with Crippen molar-refractivity contribution in [1.29, 1.82) is 0 Å². The van der Waals surface area contributed by atoms with Gasteiger partial charge < -0.3 is 0 Å². The molecule has 0 spiro atoms. The number of aromatic nitrogens is 6. The van der Waals surface area contributed by atoms with Gasteiger partial charge in [-0.25, -0.2) is 14.5 Å². The van der Waals surface area contributed by atoms with Crippen molar-refractivity contribution in [3.8, 4) is 11.5 Å². The Morgan fingerprint density at radius 3 is 2.85 bits per heavy atom. The van der Waals surface area contributed by atoms with Crippen molar-refractivity contribution in [1.82, 2.24) is 29.4 Å². The SMILES string of the molecule is Cc1sc2ncn3nc(-c4ccnn4C)nc3c2c1C. The van der Waals surface area contributed by atoms with E-state index in [2.05, 4.69) is 34.0 Å². The lowest BCUT2D eigenvalue weighted by atomic mass is 10.2. The summed E-state index contributed by atoms with van der Waals surface area (Å²) in [5, 5.41) is 9.76. The van der Waals surface area contributed by atoms with Crippen molar-refractivity contribution in [2.45, 2.75) is 13.8 Å². The normalized spacial score (nSPS) is 11.8. The number of thiophene rings is 1. The molecule has 0 atom stereocenters. The van der Waals surface area contributed by atoms with Crippen LogP contribution in [0.5, 0.6) is 0 Å². The van der Waals surface area contributed by atoms with Crippen LogP contribution in [0, 0.1) is 13.8 Å². The fourth-order valence-electron chi connectivity index (χ4n) is 2.35. The zero-order valence-corrected chi connectivity index (χ0v) is 12.1. The smallest absolute Gasteiger partial charge is 0.200 e. The van der Waals surface area contributed by atoms with E-state index in [0.29, 0.717) is 5.82 Å². The minimum absolute atomic E-state index is 0.669. The molecule has 7 heteroatoms. The van der Waals surface area contributed by atoms with Gasteiger partial charge >= 0.3 is 0 Å². The van der Waals surface area contributed by atoms with Gasteiger partial charge in [-0.1, -0.05) is 0 Å². The fourth-order valence-corrected chi connectivity index (χ4v) is 3.34. The van der Waals surface area contributed by atoms with Crippen LogP contribution >= 0.6 is 11.3 Å². The molecule has 0 amide bonds. The summed E-state index contributed by atoms with van der Waals surface area (Å²) in [4.78, 5) is 11.4. The first-order chi connectivity index (χ1) is 9.65. The van der Waals surface area contributed by atoms with Crippen LogP contribution in [0.3, 0.4) is 0 Å². The molecule has 0 bridgehead atoms.